The summed E-state index contributed by atoms with van der Waals surface area (Å²) in [7, 11) is 0. The Kier molecular flexibility index (Phi) is 2.60. The normalized spacial score (nSPS) is 26.6. The Morgan fingerprint density at radius 2 is 1.92 bits per heavy atom. The second-order valence-electron chi connectivity index (χ2n) is 4.72. The van der Waals surface area contributed by atoms with Gasteiger partial charge >= 0.3 is 0 Å². The van der Waals surface area contributed by atoms with Gasteiger partial charge in [0.05, 0.1) is 5.92 Å². The van der Waals surface area contributed by atoms with Crippen LogP contribution < -0.4 is 0 Å². The molecule has 0 saturated heterocycles. The van der Waals surface area contributed by atoms with E-state index in [1.807, 2.05) is 6.92 Å². The highest BCUT2D eigenvalue weighted by Gasteiger charge is 2.52. The van der Waals surface area contributed by atoms with E-state index < -0.39 is 0 Å². The lowest BCUT2D eigenvalue weighted by molar-refractivity contribution is -0.132. The molecule has 0 heterocycles. The Morgan fingerprint density at radius 1 is 1.46 bits per heavy atom. The average Bonchev–Trinajstić information content (AvgIpc) is 2.60. The summed E-state index contributed by atoms with van der Waals surface area (Å²) in [6.45, 7) is 7.59. The van der Waals surface area contributed by atoms with E-state index in [2.05, 4.69) is 13.8 Å². The van der Waals surface area contributed by atoms with Crippen LogP contribution >= 0.6 is 0 Å². The largest absolute Gasteiger partial charge is 0.299 e. The van der Waals surface area contributed by atoms with Crippen molar-refractivity contribution in [1.82, 2.24) is 0 Å². The molecular formula is C11H18O2. The van der Waals surface area contributed by atoms with Gasteiger partial charge in [-0.05, 0) is 25.2 Å². The third kappa shape index (κ3) is 1.98. The molecule has 0 aromatic rings. The van der Waals surface area contributed by atoms with Crippen molar-refractivity contribution in [2.45, 2.75) is 40.5 Å². The van der Waals surface area contributed by atoms with Crippen molar-refractivity contribution < 1.29 is 9.59 Å². The summed E-state index contributed by atoms with van der Waals surface area (Å²) in [6.07, 6.45) is 1.61. The smallest absolute Gasteiger partial charge is 0.146 e. The molecule has 2 unspecified atom stereocenters. The molecule has 13 heavy (non-hydrogen) atoms. The van der Waals surface area contributed by atoms with Crippen molar-refractivity contribution in [3.05, 3.63) is 0 Å². The fourth-order valence-electron chi connectivity index (χ4n) is 1.88. The van der Waals surface area contributed by atoms with Crippen LogP contribution in [0, 0.1) is 17.3 Å². The van der Waals surface area contributed by atoms with E-state index in [4.69, 9.17) is 0 Å². The molecule has 0 spiro atoms. The van der Waals surface area contributed by atoms with Crippen molar-refractivity contribution in [3.8, 4) is 0 Å². The van der Waals surface area contributed by atoms with E-state index in [-0.39, 0.29) is 28.8 Å². The Labute approximate surface area is 79.7 Å². The Balaban J connectivity index is 2.62. The first kappa shape index (κ1) is 10.4. The lowest BCUT2D eigenvalue weighted by atomic mass is 9.91. The maximum atomic E-state index is 11.8. The van der Waals surface area contributed by atoms with E-state index in [0.717, 1.165) is 6.42 Å². The molecule has 1 rings (SSSR count). The molecule has 1 aliphatic carbocycles. The maximum Gasteiger partial charge on any atom is 0.146 e. The minimum Gasteiger partial charge on any atom is -0.299 e. The van der Waals surface area contributed by atoms with Gasteiger partial charge in [0.2, 0.25) is 0 Å². The van der Waals surface area contributed by atoms with Crippen LogP contribution in [0.5, 0.6) is 0 Å². The number of carbonyl (C=O) groups excluding carboxylic acids is 2. The molecule has 2 atom stereocenters. The van der Waals surface area contributed by atoms with Gasteiger partial charge in [0.15, 0.2) is 0 Å². The third-order valence-corrected chi connectivity index (χ3v) is 3.10. The molecule has 74 valence electrons. The highest BCUT2D eigenvalue weighted by Crippen LogP contribution is 2.53. The van der Waals surface area contributed by atoms with Crippen LogP contribution in [0.2, 0.25) is 0 Å². The van der Waals surface area contributed by atoms with Crippen molar-refractivity contribution >= 4 is 11.6 Å². The van der Waals surface area contributed by atoms with Gasteiger partial charge in [-0.1, -0.05) is 20.8 Å². The number of hydrogen-bond donors (Lipinski definition) is 0. The van der Waals surface area contributed by atoms with Crippen molar-refractivity contribution in [2.24, 2.45) is 17.3 Å². The van der Waals surface area contributed by atoms with Crippen LogP contribution in [0.15, 0.2) is 0 Å². The summed E-state index contributed by atoms with van der Waals surface area (Å²) < 4.78 is 0. The zero-order chi connectivity index (χ0) is 10.2. The van der Waals surface area contributed by atoms with Crippen LogP contribution in [0.3, 0.4) is 0 Å². The quantitative estimate of drug-likeness (QED) is 0.625. The number of Topliss-reactive ketones (excluding diaryl/α,β-unsaturated/α-hetero) is 2. The first-order chi connectivity index (χ1) is 5.90. The van der Waals surface area contributed by atoms with E-state index in [1.165, 1.54) is 6.92 Å². The fourth-order valence-corrected chi connectivity index (χ4v) is 1.88. The van der Waals surface area contributed by atoms with Crippen LogP contribution in [0.4, 0.5) is 0 Å². The van der Waals surface area contributed by atoms with Gasteiger partial charge in [0.1, 0.15) is 11.6 Å². The highest BCUT2D eigenvalue weighted by atomic mass is 16.2. The highest BCUT2D eigenvalue weighted by molar-refractivity contribution is 6.03. The maximum absolute atomic E-state index is 11.8. The molecule has 0 radical (unpaired) electrons. The fraction of sp³-hybridized carbons (Fsp3) is 0.818. The topological polar surface area (TPSA) is 34.1 Å². The van der Waals surface area contributed by atoms with Gasteiger partial charge in [0, 0.05) is 5.92 Å². The summed E-state index contributed by atoms with van der Waals surface area (Å²) in [5.74, 6) is -0.0108. The van der Waals surface area contributed by atoms with E-state index >= 15 is 0 Å². The third-order valence-electron chi connectivity index (χ3n) is 3.10. The first-order valence-corrected chi connectivity index (χ1v) is 4.94. The van der Waals surface area contributed by atoms with E-state index in [9.17, 15) is 9.59 Å². The molecular weight excluding hydrogens is 164 g/mol. The van der Waals surface area contributed by atoms with Crippen LogP contribution in [-0.2, 0) is 9.59 Å². The van der Waals surface area contributed by atoms with Crippen LogP contribution in [0.1, 0.15) is 40.5 Å². The second kappa shape index (κ2) is 3.24. The molecule has 2 nitrogen and oxygen atoms in total. The number of carbonyl (C=O) groups is 2. The van der Waals surface area contributed by atoms with E-state index in [1.54, 1.807) is 0 Å². The average molecular weight is 182 g/mol. The summed E-state index contributed by atoms with van der Waals surface area (Å²) in [5.41, 5.74) is 0.153. The van der Waals surface area contributed by atoms with Crippen molar-refractivity contribution in [3.63, 3.8) is 0 Å². The minimum atomic E-state index is -0.341. The molecule has 0 bridgehead atoms. The zero-order valence-corrected chi connectivity index (χ0v) is 8.89. The molecule has 0 N–H and O–H groups in total. The number of hydrogen-bond acceptors (Lipinski definition) is 2. The van der Waals surface area contributed by atoms with E-state index in [0.29, 0.717) is 6.42 Å². The monoisotopic (exact) mass is 182 g/mol. The molecule has 1 saturated carbocycles. The predicted octanol–water partition coefficient (Wildman–Crippen LogP) is 2.22. The lowest BCUT2D eigenvalue weighted by Crippen LogP contribution is -2.24. The van der Waals surface area contributed by atoms with Gasteiger partial charge in [0.25, 0.3) is 0 Å². The Hall–Kier alpha value is -0.660. The zero-order valence-electron chi connectivity index (χ0n) is 8.89. The van der Waals surface area contributed by atoms with Crippen molar-refractivity contribution in [2.75, 3.05) is 0 Å². The van der Waals surface area contributed by atoms with Gasteiger partial charge in [-0.15, -0.1) is 0 Å². The van der Waals surface area contributed by atoms with Gasteiger partial charge in [-0.25, -0.2) is 0 Å². The SMILES string of the molecule is CCC(C(C)=O)C(=O)C1CC1(C)C. The Bertz CT molecular complexity index is 240. The molecule has 1 aliphatic rings. The molecule has 0 aromatic heterocycles. The van der Waals surface area contributed by atoms with Crippen LogP contribution in [0.25, 0.3) is 0 Å². The molecule has 2 heteroatoms. The molecule has 0 amide bonds. The standard InChI is InChI=1S/C11H18O2/c1-5-8(7(2)12)10(13)9-6-11(9,3)4/h8-9H,5-6H2,1-4H3. The summed E-state index contributed by atoms with van der Waals surface area (Å²) >= 11 is 0. The number of rotatable bonds is 4. The summed E-state index contributed by atoms with van der Waals surface area (Å²) in [4.78, 5) is 22.9. The molecule has 1 fully saturated rings. The number of ketones is 2. The first-order valence-electron chi connectivity index (χ1n) is 4.94. The van der Waals surface area contributed by atoms with Gasteiger partial charge < -0.3 is 0 Å². The summed E-state index contributed by atoms with van der Waals surface area (Å²) in [6, 6.07) is 0. The molecule has 0 aliphatic heterocycles. The minimum absolute atomic E-state index is 0.0233. The van der Waals surface area contributed by atoms with Gasteiger partial charge in [-0.2, -0.15) is 0 Å². The van der Waals surface area contributed by atoms with Crippen molar-refractivity contribution in [1.29, 1.82) is 0 Å². The summed E-state index contributed by atoms with van der Waals surface area (Å²) in [5, 5.41) is 0. The second-order valence-corrected chi connectivity index (χ2v) is 4.72. The Morgan fingerprint density at radius 3 is 2.15 bits per heavy atom. The molecule has 0 aromatic carbocycles. The van der Waals surface area contributed by atoms with Gasteiger partial charge in [-0.3, -0.25) is 9.59 Å². The predicted molar refractivity (Wildman–Crippen MR) is 51.4 cm³/mol. The lowest BCUT2D eigenvalue weighted by Gasteiger charge is -2.10. The van der Waals surface area contributed by atoms with Crippen LogP contribution in [-0.4, -0.2) is 11.6 Å².